The first-order chi connectivity index (χ1) is 17.6. The van der Waals surface area contributed by atoms with Gasteiger partial charge in [0.05, 0.1) is 6.61 Å². The van der Waals surface area contributed by atoms with Crippen molar-refractivity contribution in [3.63, 3.8) is 0 Å². The minimum absolute atomic E-state index is 0.131. The number of benzene rings is 2. The van der Waals surface area contributed by atoms with Crippen molar-refractivity contribution in [2.75, 3.05) is 18.5 Å². The molecule has 1 heterocycles. The number of amides is 2. The molecule has 1 saturated heterocycles. The van der Waals surface area contributed by atoms with Crippen LogP contribution in [0.15, 0.2) is 47.5 Å². The van der Waals surface area contributed by atoms with E-state index in [1.807, 2.05) is 36.4 Å². The van der Waals surface area contributed by atoms with Crippen molar-refractivity contribution in [2.45, 2.75) is 70.1 Å². The average Bonchev–Trinajstić information content (AvgIpc) is 3.73. The lowest BCUT2D eigenvalue weighted by molar-refractivity contribution is -0.120. The van der Waals surface area contributed by atoms with E-state index in [1.54, 1.807) is 6.07 Å². The van der Waals surface area contributed by atoms with Crippen LogP contribution >= 0.6 is 0 Å². The van der Waals surface area contributed by atoms with Gasteiger partial charge in [0.25, 0.3) is 5.91 Å². The number of nitrogens with one attached hydrogen (secondary N) is 3. The maximum atomic E-state index is 12.7. The largest absolute Gasteiger partial charge is 0.494 e. The van der Waals surface area contributed by atoms with Crippen LogP contribution in [0.2, 0.25) is 0 Å². The Balaban J connectivity index is 1.21. The molecule has 0 unspecified atom stereocenters. The molecule has 2 saturated carbocycles. The first-order valence-electron chi connectivity index (χ1n) is 13.4. The number of hydrogen-bond donors (Lipinski definition) is 3. The summed E-state index contributed by atoms with van der Waals surface area (Å²) >= 11 is 0. The molecule has 3 N–H and O–H groups in total. The second-order valence-corrected chi connectivity index (χ2v) is 10.2. The summed E-state index contributed by atoms with van der Waals surface area (Å²) in [4.78, 5) is 28.4. The number of guanidine groups is 1. The second-order valence-electron chi connectivity index (χ2n) is 10.2. The zero-order valence-corrected chi connectivity index (χ0v) is 20.9. The van der Waals surface area contributed by atoms with Gasteiger partial charge in [0.2, 0.25) is 11.9 Å². The van der Waals surface area contributed by atoms with Gasteiger partial charge in [-0.05, 0) is 73.4 Å². The Kier molecular flexibility index (Phi) is 7.84. The molecule has 0 atom stereocenters. The zero-order chi connectivity index (χ0) is 24.7. The monoisotopic (exact) mass is 488 g/mol. The highest BCUT2D eigenvalue weighted by Crippen LogP contribution is 2.44. The van der Waals surface area contributed by atoms with Gasteiger partial charge in [-0.2, -0.15) is 4.99 Å². The van der Waals surface area contributed by atoms with Crippen molar-refractivity contribution in [3.8, 4) is 5.75 Å². The highest BCUT2D eigenvalue weighted by molar-refractivity contribution is 6.08. The molecule has 7 heteroatoms. The second kappa shape index (κ2) is 11.6. The molecular formula is C29H36N4O3. The third kappa shape index (κ3) is 6.65. The maximum Gasteiger partial charge on any atom is 0.280 e. The highest BCUT2D eigenvalue weighted by Gasteiger charge is 2.27. The van der Waals surface area contributed by atoms with E-state index in [9.17, 15) is 9.59 Å². The number of carbonyl (C=O) groups excluding carboxylic acids is 2. The van der Waals surface area contributed by atoms with Gasteiger partial charge in [-0.3, -0.25) is 14.9 Å². The van der Waals surface area contributed by atoms with Gasteiger partial charge in [0, 0.05) is 36.0 Å². The van der Waals surface area contributed by atoms with Gasteiger partial charge in [0.15, 0.2) is 0 Å². The fourth-order valence-corrected chi connectivity index (χ4v) is 5.17. The van der Waals surface area contributed by atoms with Crippen LogP contribution in [-0.2, 0) is 4.79 Å². The topological polar surface area (TPSA) is 91.8 Å². The summed E-state index contributed by atoms with van der Waals surface area (Å²) in [5, 5.41) is 9.10. The Labute approximate surface area is 213 Å². The van der Waals surface area contributed by atoms with Crippen LogP contribution in [0.3, 0.4) is 0 Å². The molecule has 36 heavy (non-hydrogen) atoms. The van der Waals surface area contributed by atoms with Crippen molar-refractivity contribution in [1.29, 1.82) is 0 Å². The molecule has 2 aromatic carbocycles. The summed E-state index contributed by atoms with van der Waals surface area (Å²) in [7, 11) is 0. The summed E-state index contributed by atoms with van der Waals surface area (Å²) in [5.74, 6) is 1.93. The van der Waals surface area contributed by atoms with E-state index < -0.39 is 0 Å². The Hall–Kier alpha value is -3.35. The van der Waals surface area contributed by atoms with Crippen LogP contribution in [0.25, 0.3) is 0 Å². The SMILES string of the molecule is O=C1CCN/C(=N\C(=O)c2ccc(Nc3cccc(OCCCC4CCCCC4)c3)c(C3CC3)c2)N1. The van der Waals surface area contributed by atoms with E-state index in [-0.39, 0.29) is 17.8 Å². The number of ether oxygens (including phenoxy) is 1. The number of rotatable bonds is 9. The third-order valence-corrected chi connectivity index (χ3v) is 7.29. The lowest BCUT2D eigenvalue weighted by Gasteiger charge is -2.21. The van der Waals surface area contributed by atoms with E-state index in [0.29, 0.717) is 24.4 Å². The van der Waals surface area contributed by atoms with Crippen LogP contribution in [0.1, 0.15) is 86.0 Å². The summed E-state index contributed by atoms with van der Waals surface area (Å²) in [6.07, 6.45) is 11.9. The average molecular weight is 489 g/mol. The van der Waals surface area contributed by atoms with E-state index in [2.05, 4.69) is 20.9 Å². The predicted molar refractivity (Wildman–Crippen MR) is 142 cm³/mol. The van der Waals surface area contributed by atoms with Gasteiger partial charge in [-0.25, -0.2) is 0 Å². The lowest BCUT2D eigenvalue weighted by Crippen LogP contribution is -2.48. The van der Waals surface area contributed by atoms with Crippen LogP contribution in [0, 0.1) is 5.92 Å². The molecule has 2 aromatic rings. The lowest BCUT2D eigenvalue weighted by atomic mass is 9.86. The normalized spacial score (nSPS) is 19.4. The fourth-order valence-electron chi connectivity index (χ4n) is 5.17. The quantitative estimate of drug-likeness (QED) is 0.397. The molecule has 5 rings (SSSR count). The molecular weight excluding hydrogens is 452 g/mol. The molecule has 190 valence electrons. The number of carbonyl (C=O) groups is 2. The molecule has 3 fully saturated rings. The summed E-state index contributed by atoms with van der Waals surface area (Å²) in [6.45, 7) is 1.24. The molecule has 0 spiro atoms. The summed E-state index contributed by atoms with van der Waals surface area (Å²) in [6, 6.07) is 13.8. The smallest absolute Gasteiger partial charge is 0.280 e. The summed E-state index contributed by atoms with van der Waals surface area (Å²) in [5.41, 5.74) is 3.61. The molecule has 0 radical (unpaired) electrons. The van der Waals surface area contributed by atoms with Crippen molar-refractivity contribution < 1.29 is 14.3 Å². The maximum absolute atomic E-state index is 12.7. The number of anilines is 2. The fraction of sp³-hybridized carbons (Fsp3) is 0.483. The minimum Gasteiger partial charge on any atom is -0.494 e. The third-order valence-electron chi connectivity index (χ3n) is 7.29. The highest BCUT2D eigenvalue weighted by atomic mass is 16.5. The molecule has 2 aliphatic carbocycles. The predicted octanol–water partition coefficient (Wildman–Crippen LogP) is 5.65. The number of nitrogens with zero attached hydrogens (tertiary/aromatic N) is 1. The van der Waals surface area contributed by atoms with Gasteiger partial charge in [-0.15, -0.1) is 0 Å². The standard InChI is InChI=1S/C29H36N4O3/c34-27-15-16-30-29(32-27)33-28(35)22-13-14-26(25(18-22)21-11-12-21)31-23-9-4-10-24(19-23)36-17-5-8-20-6-2-1-3-7-20/h4,9-10,13-14,18-21,31H,1-3,5-8,11-12,15-17H2,(H2,30,32,33,34,35). The van der Waals surface area contributed by atoms with Crippen LogP contribution in [-0.4, -0.2) is 30.9 Å². The van der Waals surface area contributed by atoms with Crippen molar-refractivity contribution >= 4 is 29.1 Å². The molecule has 1 aliphatic heterocycles. The first-order valence-corrected chi connectivity index (χ1v) is 13.4. The molecule has 0 bridgehead atoms. The van der Waals surface area contributed by atoms with E-state index in [1.165, 1.54) is 38.5 Å². The van der Waals surface area contributed by atoms with E-state index in [0.717, 1.165) is 54.5 Å². The van der Waals surface area contributed by atoms with Crippen LogP contribution in [0.4, 0.5) is 11.4 Å². The Morgan fingerprint density at radius 1 is 1.06 bits per heavy atom. The molecule has 0 aromatic heterocycles. The zero-order valence-electron chi connectivity index (χ0n) is 20.9. The van der Waals surface area contributed by atoms with Gasteiger partial charge in [0.1, 0.15) is 5.75 Å². The number of hydrogen-bond acceptors (Lipinski definition) is 4. The minimum atomic E-state index is -0.364. The van der Waals surface area contributed by atoms with E-state index in [4.69, 9.17) is 4.74 Å². The van der Waals surface area contributed by atoms with Gasteiger partial charge >= 0.3 is 0 Å². The molecule has 3 aliphatic rings. The van der Waals surface area contributed by atoms with Crippen LogP contribution in [0.5, 0.6) is 5.75 Å². The number of aliphatic imine (C=N–C) groups is 1. The van der Waals surface area contributed by atoms with Crippen molar-refractivity contribution in [1.82, 2.24) is 10.6 Å². The van der Waals surface area contributed by atoms with Crippen molar-refractivity contribution in [3.05, 3.63) is 53.6 Å². The van der Waals surface area contributed by atoms with Crippen molar-refractivity contribution in [2.24, 2.45) is 10.9 Å². The van der Waals surface area contributed by atoms with E-state index >= 15 is 0 Å². The van der Waals surface area contributed by atoms with Gasteiger partial charge in [-0.1, -0.05) is 38.2 Å². The Bertz CT molecular complexity index is 1120. The summed E-state index contributed by atoms with van der Waals surface area (Å²) < 4.78 is 6.06. The Morgan fingerprint density at radius 3 is 2.72 bits per heavy atom. The molecule has 2 amide bonds. The molecule has 7 nitrogen and oxygen atoms in total. The first kappa shape index (κ1) is 24.3. The van der Waals surface area contributed by atoms with Crippen LogP contribution < -0.4 is 20.7 Å². The Morgan fingerprint density at radius 2 is 1.92 bits per heavy atom. The van der Waals surface area contributed by atoms with Gasteiger partial charge < -0.3 is 15.4 Å².